The van der Waals surface area contributed by atoms with Crippen LogP contribution in [-0.4, -0.2) is 29.3 Å². The van der Waals surface area contributed by atoms with Crippen LogP contribution in [0.5, 0.6) is 5.75 Å². The molecule has 0 spiro atoms. The minimum absolute atomic E-state index is 0.000173. The first-order valence-corrected chi connectivity index (χ1v) is 10.3. The Bertz CT molecular complexity index is 877. The topological polar surface area (TPSA) is 77.2 Å². The van der Waals surface area contributed by atoms with Crippen molar-refractivity contribution < 1.29 is 13.9 Å². The van der Waals surface area contributed by atoms with Crippen LogP contribution in [0.25, 0.3) is 0 Å². The lowest BCUT2D eigenvalue weighted by Crippen LogP contribution is -2.34. The van der Waals surface area contributed by atoms with Gasteiger partial charge in [0.15, 0.2) is 0 Å². The minimum Gasteiger partial charge on any atom is -0.497 e. The summed E-state index contributed by atoms with van der Waals surface area (Å²) in [6, 6.07) is 12.1. The Morgan fingerprint density at radius 3 is 2.75 bits per heavy atom. The van der Waals surface area contributed by atoms with Crippen molar-refractivity contribution in [2.75, 3.05) is 7.11 Å². The number of amides is 1. The van der Waals surface area contributed by atoms with Crippen molar-refractivity contribution in [2.45, 2.75) is 45.1 Å². The van der Waals surface area contributed by atoms with Crippen LogP contribution < -0.4 is 10.1 Å². The first-order chi connectivity index (χ1) is 13.6. The maximum absolute atomic E-state index is 12.1. The monoisotopic (exact) mass is 399 g/mol. The number of hydrogen-bond donors (Lipinski definition) is 1. The highest BCUT2D eigenvalue weighted by Gasteiger charge is 2.12. The number of hydrogen-bond acceptors (Lipinski definition) is 6. The Morgan fingerprint density at radius 2 is 2.00 bits per heavy atom. The van der Waals surface area contributed by atoms with Gasteiger partial charge in [0.25, 0.3) is 0 Å². The third-order valence-electron chi connectivity index (χ3n) is 4.33. The number of nitrogens with zero attached hydrogens (tertiary/aromatic N) is 2. The fraction of sp³-hybridized carbons (Fsp3) is 0.381. The molecule has 0 aliphatic rings. The summed E-state index contributed by atoms with van der Waals surface area (Å²) in [4.78, 5) is 13.4. The van der Waals surface area contributed by atoms with Gasteiger partial charge in [-0.05, 0) is 42.5 Å². The summed E-state index contributed by atoms with van der Waals surface area (Å²) < 4.78 is 10.9. The van der Waals surface area contributed by atoms with E-state index in [1.165, 1.54) is 4.88 Å². The Kier molecular flexibility index (Phi) is 7.19. The van der Waals surface area contributed by atoms with E-state index in [-0.39, 0.29) is 11.9 Å². The molecule has 6 nitrogen and oxygen atoms in total. The average Bonchev–Trinajstić information content (AvgIpc) is 3.36. The molecule has 28 heavy (non-hydrogen) atoms. The number of aromatic nitrogens is 2. The molecule has 0 saturated heterocycles. The molecule has 1 aromatic carbocycles. The van der Waals surface area contributed by atoms with E-state index in [4.69, 9.17) is 9.15 Å². The third kappa shape index (κ3) is 6.20. The van der Waals surface area contributed by atoms with Crippen molar-refractivity contribution >= 4 is 17.2 Å². The summed E-state index contributed by atoms with van der Waals surface area (Å²) in [7, 11) is 1.66. The third-order valence-corrected chi connectivity index (χ3v) is 5.23. The molecule has 0 aliphatic heterocycles. The zero-order chi connectivity index (χ0) is 19.8. The van der Waals surface area contributed by atoms with Gasteiger partial charge in [-0.3, -0.25) is 4.79 Å². The van der Waals surface area contributed by atoms with Gasteiger partial charge in [0, 0.05) is 36.6 Å². The van der Waals surface area contributed by atoms with Crippen LogP contribution in [0.1, 0.15) is 35.6 Å². The van der Waals surface area contributed by atoms with Crippen molar-refractivity contribution in [3.05, 3.63) is 64.0 Å². The number of methoxy groups -OCH3 is 1. The highest BCUT2D eigenvalue weighted by molar-refractivity contribution is 7.09. The van der Waals surface area contributed by atoms with E-state index < -0.39 is 0 Å². The Hall–Kier alpha value is -2.67. The highest BCUT2D eigenvalue weighted by Crippen LogP contribution is 2.15. The maximum atomic E-state index is 12.1. The average molecular weight is 400 g/mol. The second kappa shape index (κ2) is 10.0. The van der Waals surface area contributed by atoms with Crippen LogP contribution in [0.4, 0.5) is 0 Å². The number of thiophene rings is 1. The van der Waals surface area contributed by atoms with Gasteiger partial charge < -0.3 is 14.5 Å². The van der Waals surface area contributed by atoms with Crippen LogP contribution in [-0.2, 0) is 30.5 Å². The fourth-order valence-electron chi connectivity index (χ4n) is 2.92. The number of carbonyl (C=O) groups excluding carboxylic acids is 1. The van der Waals surface area contributed by atoms with Gasteiger partial charge in [-0.2, -0.15) is 0 Å². The summed E-state index contributed by atoms with van der Waals surface area (Å²) >= 11 is 1.70. The lowest BCUT2D eigenvalue weighted by atomic mass is 10.1. The highest BCUT2D eigenvalue weighted by atomic mass is 32.1. The molecule has 0 saturated carbocycles. The first-order valence-electron chi connectivity index (χ1n) is 9.38. The molecule has 1 N–H and O–H groups in total. The summed E-state index contributed by atoms with van der Waals surface area (Å²) in [6.45, 7) is 2.01. The quantitative estimate of drug-likeness (QED) is 0.564. The van der Waals surface area contributed by atoms with E-state index in [2.05, 4.69) is 21.6 Å². The van der Waals surface area contributed by atoms with E-state index in [0.717, 1.165) is 24.2 Å². The summed E-state index contributed by atoms with van der Waals surface area (Å²) in [5.74, 6) is 1.93. The van der Waals surface area contributed by atoms with E-state index in [0.29, 0.717) is 31.0 Å². The van der Waals surface area contributed by atoms with Crippen LogP contribution >= 0.6 is 11.3 Å². The number of carbonyl (C=O) groups is 1. The van der Waals surface area contributed by atoms with Gasteiger partial charge in [0.1, 0.15) is 5.75 Å². The standard InChI is InChI=1S/C21H25N3O3S/c1-15(13-18-7-4-12-28-18)22-19(25)9-11-21-24-23-20(27-21)10-8-16-5-3-6-17(14-16)26-2/h3-7,12,14-15H,8-11,13H2,1-2H3,(H,22,25)/t15-/m0/s1. The van der Waals surface area contributed by atoms with Crippen LogP contribution in [0, 0.1) is 0 Å². The molecule has 3 rings (SSSR count). The lowest BCUT2D eigenvalue weighted by molar-refractivity contribution is -0.121. The Labute approximate surface area is 168 Å². The first kappa shape index (κ1) is 20.1. The number of aryl methyl sites for hydroxylation is 3. The van der Waals surface area contributed by atoms with E-state index in [1.807, 2.05) is 42.6 Å². The molecule has 3 aromatic rings. The Morgan fingerprint density at radius 1 is 1.18 bits per heavy atom. The zero-order valence-electron chi connectivity index (χ0n) is 16.2. The summed E-state index contributed by atoms with van der Waals surface area (Å²) in [6.07, 6.45) is 3.08. The molecule has 0 radical (unpaired) electrons. The van der Waals surface area contributed by atoms with Crippen LogP contribution in [0.15, 0.2) is 46.2 Å². The van der Waals surface area contributed by atoms with Gasteiger partial charge in [-0.1, -0.05) is 18.2 Å². The van der Waals surface area contributed by atoms with Crippen molar-refractivity contribution in [3.63, 3.8) is 0 Å². The van der Waals surface area contributed by atoms with Crippen molar-refractivity contribution in [1.82, 2.24) is 15.5 Å². The minimum atomic E-state index is 0.000173. The largest absolute Gasteiger partial charge is 0.497 e. The molecule has 2 aromatic heterocycles. The van der Waals surface area contributed by atoms with Crippen LogP contribution in [0.2, 0.25) is 0 Å². The molecule has 0 aliphatic carbocycles. The molecule has 0 bridgehead atoms. The number of benzene rings is 1. The second-order valence-electron chi connectivity index (χ2n) is 6.69. The molecule has 1 amide bonds. The van der Waals surface area contributed by atoms with E-state index >= 15 is 0 Å². The zero-order valence-corrected chi connectivity index (χ0v) is 17.0. The van der Waals surface area contributed by atoms with E-state index in [1.54, 1.807) is 18.4 Å². The summed E-state index contributed by atoms with van der Waals surface area (Å²) in [5.41, 5.74) is 1.15. The number of rotatable bonds is 10. The molecule has 1 atom stereocenters. The molecule has 2 heterocycles. The van der Waals surface area contributed by atoms with Crippen molar-refractivity contribution in [1.29, 1.82) is 0 Å². The van der Waals surface area contributed by atoms with Gasteiger partial charge in [-0.15, -0.1) is 21.5 Å². The predicted octanol–water partition coefficient (Wildman–Crippen LogP) is 3.60. The lowest BCUT2D eigenvalue weighted by Gasteiger charge is -2.12. The summed E-state index contributed by atoms with van der Waals surface area (Å²) in [5, 5.41) is 13.2. The molecule has 0 unspecified atom stereocenters. The molecular formula is C21H25N3O3S. The predicted molar refractivity (Wildman–Crippen MR) is 109 cm³/mol. The fourth-order valence-corrected chi connectivity index (χ4v) is 3.75. The SMILES string of the molecule is COc1cccc(CCc2nnc(CCC(=O)N[C@@H](C)Cc3cccs3)o2)c1. The number of nitrogens with one attached hydrogen (secondary N) is 1. The molecule has 0 fully saturated rings. The molecular weight excluding hydrogens is 374 g/mol. The Balaban J connectivity index is 1.40. The number of ether oxygens (including phenoxy) is 1. The normalized spacial score (nSPS) is 11.9. The molecule has 148 valence electrons. The van der Waals surface area contributed by atoms with Gasteiger partial charge in [0.05, 0.1) is 7.11 Å². The maximum Gasteiger partial charge on any atom is 0.220 e. The van der Waals surface area contributed by atoms with Gasteiger partial charge >= 0.3 is 0 Å². The molecule has 7 heteroatoms. The van der Waals surface area contributed by atoms with Gasteiger partial charge in [0.2, 0.25) is 17.7 Å². The van der Waals surface area contributed by atoms with Crippen molar-refractivity contribution in [2.24, 2.45) is 0 Å². The van der Waals surface area contributed by atoms with Crippen molar-refractivity contribution in [3.8, 4) is 5.75 Å². The second-order valence-corrected chi connectivity index (χ2v) is 7.73. The van der Waals surface area contributed by atoms with Crippen LogP contribution in [0.3, 0.4) is 0 Å². The van der Waals surface area contributed by atoms with Gasteiger partial charge in [-0.25, -0.2) is 0 Å². The smallest absolute Gasteiger partial charge is 0.220 e. The van der Waals surface area contributed by atoms with E-state index in [9.17, 15) is 4.79 Å².